The molecule has 0 aliphatic carbocycles. The van der Waals surface area contributed by atoms with Crippen LogP contribution in [0.5, 0.6) is 0 Å². The third kappa shape index (κ3) is 3.47. The van der Waals surface area contributed by atoms with Crippen LogP contribution in [0.1, 0.15) is 11.1 Å². The van der Waals surface area contributed by atoms with Crippen molar-refractivity contribution in [2.45, 2.75) is 6.42 Å². The van der Waals surface area contributed by atoms with Crippen LogP contribution < -0.4 is 0 Å². The zero-order chi connectivity index (χ0) is 23.9. The normalized spacial score (nSPS) is 11.4. The van der Waals surface area contributed by atoms with Crippen molar-refractivity contribution < 1.29 is 4.42 Å². The van der Waals surface area contributed by atoms with E-state index in [2.05, 4.69) is 115 Å². The molecule has 0 N–H and O–H groups in total. The highest BCUT2D eigenvalue weighted by Crippen LogP contribution is 2.39. The van der Waals surface area contributed by atoms with E-state index >= 15 is 0 Å². The molecule has 0 aliphatic rings. The Morgan fingerprint density at radius 2 is 1.28 bits per heavy atom. The maximum Gasteiger partial charge on any atom is 0.144 e. The number of furan rings is 1. The zero-order valence-electron chi connectivity index (χ0n) is 19.7. The van der Waals surface area contributed by atoms with Crippen LogP contribution in [0.25, 0.3) is 55.1 Å². The molecule has 7 aromatic rings. The van der Waals surface area contributed by atoms with Crippen LogP contribution in [0.3, 0.4) is 0 Å². The molecular formula is C34H23NO. The Labute approximate surface area is 209 Å². The molecule has 0 aliphatic heterocycles. The highest BCUT2D eigenvalue weighted by atomic mass is 16.3. The van der Waals surface area contributed by atoms with Gasteiger partial charge < -0.3 is 4.42 Å². The van der Waals surface area contributed by atoms with Gasteiger partial charge in [-0.2, -0.15) is 0 Å². The number of aromatic nitrogens is 1. The van der Waals surface area contributed by atoms with Crippen molar-refractivity contribution >= 4 is 32.7 Å². The molecule has 0 saturated carbocycles. The van der Waals surface area contributed by atoms with Gasteiger partial charge in [0.05, 0.1) is 5.69 Å². The van der Waals surface area contributed by atoms with Gasteiger partial charge in [-0.3, -0.25) is 4.98 Å². The summed E-state index contributed by atoms with van der Waals surface area (Å²) in [7, 11) is 0. The van der Waals surface area contributed by atoms with Gasteiger partial charge in [-0.05, 0) is 46.7 Å². The summed E-state index contributed by atoms with van der Waals surface area (Å²) in [5.74, 6) is 0. The molecule has 7 rings (SSSR count). The van der Waals surface area contributed by atoms with E-state index in [1.165, 1.54) is 22.1 Å². The molecule has 2 heterocycles. The van der Waals surface area contributed by atoms with Gasteiger partial charge in [0.1, 0.15) is 11.2 Å². The number of benzene rings is 5. The van der Waals surface area contributed by atoms with E-state index in [1.807, 2.05) is 12.3 Å². The Kier molecular flexibility index (Phi) is 4.89. The average molecular weight is 462 g/mol. The lowest BCUT2D eigenvalue weighted by atomic mass is 9.94. The van der Waals surface area contributed by atoms with Gasteiger partial charge in [-0.25, -0.2) is 0 Å². The first-order valence-electron chi connectivity index (χ1n) is 12.3. The second-order valence-electron chi connectivity index (χ2n) is 9.20. The third-order valence-electron chi connectivity index (χ3n) is 6.98. The highest BCUT2D eigenvalue weighted by Gasteiger charge is 2.16. The van der Waals surface area contributed by atoms with E-state index < -0.39 is 0 Å². The van der Waals surface area contributed by atoms with Crippen LogP contribution in [-0.2, 0) is 6.42 Å². The van der Waals surface area contributed by atoms with Crippen molar-refractivity contribution in [3.8, 4) is 22.4 Å². The van der Waals surface area contributed by atoms with E-state index in [0.717, 1.165) is 50.6 Å². The van der Waals surface area contributed by atoms with Crippen LogP contribution >= 0.6 is 0 Å². The van der Waals surface area contributed by atoms with Gasteiger partial charge in [-0.1, -0.05) is 103 Å². The van der Waals surface area contributed by atoms with E-state index in [4.69, 9.17) is 9.40 Å². The van der Waals surface area contributed by atoms with Crippen LogP contribution in [-0.4, -0.2) is 4.98 Å². The van der Waals surface area contributed by atoms with Crippen molar-refractivity contribution in [3.05, 3.63) is 139 Å². The lowest BCUT2D eigenvalue weighted by molar-refractivity contribution is 0.673. The number of pyridine rings is 1. The largest absolute Gasteiger partial charge is 0.455 e. The maximum atomic E-state index is 6.58. The monoisotopic (exact) mass is 461 g/mol. The first-order chi connectivity index (χ1) is 17.8. The summed E-state index contributed by atoms with van der Waals surface area (Å²) < 4.78 is 6.58. The second kappa shape index (κ2) is 8.51. The van der Waals surface area contributed by atoms with E-state index in [0.29, 0.717) is 0 Å². The molecule has 0 spiro atoms. The Morgan fingerprint density at radius 3 is 2.14 bits per heavy atom. The molecule has 0 radical (unpaired) electrons. The minimum Gasteiger partial charge on any atom is -0.455 e. The molecule has 0 bridgehead atoms. The summed E-state index contributed by atoms with van der Waals surface area (Å²) in [6.45, 7) is 0. The van der Waals surface area contributed by atoms with Crippen molar-refractivity contribution in [1.29, 1.82) is 0 Å². The number of hydrogen-bond acceptors (Lipinski definition) is 2. The third-order valence-corrected chi connectivity index (χ3v) is 6.98. The standard InChI is InChI=1S/C34H23NO/c1-3-10-23(11-4-1)20-26-21-32(35-22-31(26)24-12-5-2-6-13-24)30-17-9-16-28-29-19-18-25-14-7-8-15-27(25)33(29)36-34(28)30/h1-19,21-22H,20H2. The van der Waals surface area contributed by atoms with Gasteiger partial charge in [0.2, 0.25) is 0 Å². The first kappa shape index (κ1) is 20.7. The number of para-hydroxylation sites is 1. The highest BCUT2D eigenvalue weighted by molar-refractivity contribution is 6.17. The summed E-state index contributed by atoms with van der Waals surface area (Å²) in [6, 6.07) is 42.4. The summed E-state index contributed by atoms with van der Waals surface area (Å²) in [6.07, 6.45) is 2.85. The molecule has 170 valence electrons. The number of fused-ring (bicyclic) bond motifs is 5. The smallest absolute Gasteiger partial charge is 0.144 e. The molecular weight excluding hydrogens is 438 g/mol. The molecule has 5 aromatic carbocycles. The second-order valence-corrected chi connectivity index (χ2v) is 9.20. The van der Waals surface area contributed by atoms with Crippen LogP contribution in [0.4, 0.5) is 0 Å². The summed E-state index contributed by atoms with van der Waals surface area (Å²) in [5, 5.41) is 4.57. The van der Waals surface area contributed by atoms with E-state index in [9.17, 15) is 0 Å². The lowest BCUT2D eigenvalue weighted by Crippen LogP contribution is -1.96. The van der Waals surface area contributed by atoms with Crippen molar-refractivity contribution in [3.63, 3.8) is 0 Å². The van der Waals surface area contributed by atoms with Gasteiger partial charge in [-0.15, -0.1) is 0 Å². The fourth-order valence-electron chi connectivity index (χ4n) is 5.21. The number of nitrogens with zero attached hydrogens (tertiary/aromatic N) is 1. The summed E-state index contributed by atoms with van der Waals surface area (Å²) >= 11 is 0. The molecule has 0 atom stereocenters. The molecule has 2 heteroatoms. The first-order valence-corrected chi connectivity index (χ1v) is 12.3. The zero-order valence-corrected chi connectivity index (χ0v) is 19.7. The number of hydrogen-bond donors (Lipinski definition) is 0. The Balaban J connectivity index is 1.44. The topological polar surface area (TPSA) is 26.0 Å². The van der Waals surface area contributed by atoms with E-state index in [1.54, 1.807) is 0 Å². The quantitative estimate of drug-likeness (QED) is 0.261. The van der Waals surface area contributed by atoms with Gasteiger partial charge in [0.15, 0.2) is 0 Å². The summed E-state index contributed by atoms with van der Waals surface area (Å²) in [4.78, 5) is 4.95. The number of rotatable bonds is 4. The van der Waals surface area contributed by atoms with Crippen LogP contribution in [0, 0.1) is 0 Å². The van der Waals surface area contributed by atoms with Crippen LogP contribution in [0.15, 0.2) is 132 Å². The molecule has 0 fully saturated rings. The van der Waals surface area contributed by atoms with Crippen molar-refractivity contribution in [2.24, 2.45) is 0 Å². The van der Waals surface area contributed by atoms with Gasteiger partial charge >= 0.3 is 0 Å². The maximum absolute atomic E-state index is 6.58. The van der Waals surface area contributed by atoms with Crippen molar-refractivity contribution in [1.82, 2.24) is 4.98 Å². The molecule has 0 unspecified atom stereocenters. The minimum absolute atomic E-state index is 0.835. The molecule has 2 nitrogen and oxygen atoms in total. The Morgan fingerprint density at radius 1 is 0.556 bits per heavy atom. The summed E-state index contributed by atoms with van der Waals surface area (Å²) in [5.41, 5.74) is 8.62. The SMILES string of the molecule is c1ccc(Cc2cc(-c3cccc4c3oc3c5ccccc5ccc43)ncc2-c2ccccc2)cc1. The molecule has 0 saturated heterocycles. The van der Waals surface area contributed by atoms with Crippen LogP contribution in [0.2, 0.25) is 0 Å². The fourth-order valence-corrected chi connectivity index (χ4v) is 5.21. The lowest BCUT2D eigenvalue weighted by Gasteiger charge is -2.12. The predicted octanol–water partition coefficient (Wildman–Crippen LogP) is 9.06. The average Bonchev–Trinajstić information content (AvgIpc) is 3.34. The molecule has 2 aromatic heterocycles. The van der Waals surface area contributed by atoms with Gasteiger partial charge in [0, 0.05) is 33.5 Å². The Hall–Kier alpha value is -4.69. The van der Waals surface area contributed by atoms with Gasteiger partial charge in [0.25, 0.3) is 0 Å². The molecule has 0 amide bonds. The van der Waals surface area contributed by atoms with E-state index in [-0.39, 0.29) is 0 Å². The minimum atomic E-state index is 0.835. The molecule has 36 heavy (non-hydrogen) atoms. The fraction of sp³-hybridized carbons (Fsp3) is 0.0294. The predicted molar refractivity (Wildman–Crippen MR) is 149 cm³/mol. The van der Waals surface area contributed by atoms with Crippen molar-refractivity contribution in [2.75, 3.05) is 0 Å². The Bertz CT molecular complexity index is 1850.